The number of benzene rings is 2. The van der Waals surface area contributed by atoms with E-state index in [0.717, 1.165) is 11.6 Å². The highest BCUT2D eigenvalue weighted by molar-refractivity contribution is 5.38. The van der Waals surface area contributed by atoms with Gasteiger partial charge in [-0.05, 0) is 17.2 Å². The fourth-order valence-corrected chi connectivity index (χ4v) is 1.67. The summed E-state index contributed by atoms with van der Waals surface area (Å²) in [5, 5.41) is 10.4. The fourth-order valence-electron chi connectivity index (χ4n) is 1.67. The first-order valence-electron chi connectivity index (χ1n) is 5.24. The predicted molar refractivity (Wildman–Crippen MR) is 62.3 cm³/mol. The second kappa shape index (κ2) is 4.91. The Morgan fingerprint density at radius 1 is 1.06 bits per heavy atom. The van der Waals surface area contributed by atoms with Crippen molar-refractivity contribution in [2.24, 2.45) is 0 Å². The quantitative estimate of drug-likeness (QED) is 0.617. The maximum atomic E-state index is 13.6. The normalized spacial score (nSPS) is 10.3. The minimum absolute atomic E-state index is 0.101. The molecule has 0 unspecified atom stereocenters. The van der Waals surface area contributed by atoms with Gasteiger partial charge in [0, 0.05) is 6.42 Å². The van der Waals surface area contributed by atoms with Gasteiger partial charge in [-0.1, -0.05) is 30.3 Å². The van der Waals surface area contributed by atoms with Crippen LogP contribution in [0.1, 0.15) is 11.1 Å². The van der Waals surface area contributed by atoms with Crippen LogP contribution in [0, 0.1) is 21.7 Å². The second-order valence-electron chi connectivity index (χ2n) is 3.81. The summed E-state index contributed by atoms with van der Waals surface area (Å²) in [5.74, 6) is -1.79. The molecule has 2 aromatic carbocycles. The summed E-state index contributed by atoms with van der Waals surface area (Å²) < 4.78 is 27.0. The van der Waals surface area contributed by atoms with E-state index < -0.39 is 22.2 Å². The van der Waals surface area contributed by atoms with Gasteiger partial charge in [-0.2, -0.15) is 4.39 Å². The molecular weight excluding hydrogens is 240 g/mol. The zero-order valence-electron chi connectivity index (χ0n) is 9.27. The van der Waals surface area contributed by atoms with Gasteiger partial charge in [0.1, 0.15) is 5.82 Å². The van der Waals surface area contributed by atoms with Crippen LogP contribution in [-0.2, 0) is 6.42 Å². The number of nitro benzene ring substituents is 1. The Hall–Kier alpha value is -2.30. The summed E-state index contributed by atoms with van der Waals surface area (Å²) in [5.41, 5.74) is 0.0678. The number of nitrogens with zero attached hydrogens (tertiary/aromatic N) is 1. The molecule has 2 rings (SSSR count). The van der Waals surface area contributed by atoms with Gasteiger partial charge in [-0.3, -0.25) is 10.1 Å². The van der Waals surface area contributed by atoms with Crippen LogP contribution in [-0.4, -0.2) is 4.92 Å². The van der Waals surface area contributed by atoms with Crippen molar-refractivity contribution in [1.29, 1.82) is 0 Å². The van der Waals surface area contributed by atoms with Crippen LogP contribution in [0.2, 0.25) is 0 Å². The Bertz CT molecular complexity index is 585. The summed E-state index contributed by atoms with van der Waals surface area (Å²) in [7, 11) is 0. The SMILES string of the molecule is O=[N+]([O-])c1cc(F)c(Cc2ccccc2)cc1F. The van der Waals surface area contributed by atoms with E-state index >= 15 is 0 Å². The van der Waals surface area contributed by atoms with Crippen LogP contribution in [0.25, 0.3) is 0 Å². The minimum Gasteiger partial charge on any atom is -0.258 e. The zero-order chi connectivity index (χ0) is 13.1. The van der Waals surface area contributed by atoms with Crippen LogP contribution in [0.15, 0.2) is 42.5 Å². The highest BCUT2D eigenvalue weighted by atomic mass is 19.1. The fraction of sp³-hybridized carbons (Fsp3) is 0.0769. The molecule has 0 aromatic heterocycles. The van der Waals surface area contributed by atoms with Crippen LogP contribution in [0.3, 0.4) is 0 Å². The van der Waals surface area contributed by atoms with Gasteiger partial charge in [0.25, 0.3) is 0 Å². The lowest BCUT2D eigenvalue weighted by Gasteiger charge is -2.04. The first-order chi connectivity index (χ1) is 8.58. The van der Waals surface area contributed by atoms with Crippen molar-refractivity contribution in [3.8, 4) is 0 Å². The molecule has 2 aromatic rings. The third kappa shape index (κ3) is 2.51. The molecule has 0 N–H and O–H groups in total. The van der Waals surface area contributed by atoms with Gasteiger partial charge in [0.05, 0.1) is 11.0 Å². The number of hydrogen-bond donors (Lipinski definition) is 0. The number of rotatable bonds is 3. The molecule has 0 atom stereocenters. The second-order valence-corrected chi connectivity index (χ2v) is 3.81. The molecule has 3 nitrogen and oxygen atoms in total. The highest BCUT2D eigenvalue weighted by Crippen LogP contribution is 2.23. The van der Waals surface area contributed by atoms with Gasteiger partial charge in [0.15, 0.2) is 0 Å². The van der Waals surface area contributed by atoms with E-state index in [2.05, 4.69) is 0 Å². The third-order valence-corrected chi connectivity index (χ3v) is 2.55. The maximum absolute atomic E-state index is 13.6. The molecule has 0 amide bonds. The molecule has 0 fully saturated rings. The Labute approximate surface area is 102 Å². The van der Waals surface area contributed by atoms with Crippen molar-refractivity contribution in [1.82, 2.24) is 0 Å². The Balaban J connectivity index is 2.35. The lowest BCUT2D eigenvalue weighted by molar-refractivity contribution is -0.387. The molecule has 0 radical (unpaired) electrons. The van der Waals surface area contributed by atoms with Gasteiger partial charge < -0.3 is 0 Å². The monoisotopic (exact) mass is 249 g/mol. The van der Waals surface area contributed by atoms with E-state index in [0.29, 0.717) is 6.07 Å². The van der Waals surface area contributed by atoms with Gasteiger partial charge in [-0.15, -0.1) is 0 Å². The van der Waals surface area contributed by atoms with E-state index in [4.69, 9.17) is 0 Å². The van der Waals surface area contributed by atoms with Gasteiger partial charge in [-0.25, -0.2) is 4.39 Å². The summed E-state index contributed by atoms with van der Waals surface area (Å²) in [4.78, 5) is 9.50. The first kappa shape index (κ1) is 12.2. The van der Waals surface area contributed by atoms with Crippen LogP contribution in [0.5, 0.6) is 0 Å². The molecule has 0 saturated carbocycles. The Morgan fingerprint density at radius 3 is 2.33 bits per heavy atom. The smallest absolute Gasteiger partial charge is 0.258 e. The molecule has 0 aliphatic carbocycles. The molecule has 0 aliphatic rings. The Kier molecular flexibility index (Phi) is 3.32. The molecule has 0 spiro atoms. The van der Waals surface area contributed by atoms with Gasteiger partial charge >= 0.3 is 5.69 Å². The van der Waals surface area contributed by atoms with Crippen LogP contribution >= 0.6 is 0 Å². The highest BCUT2D eigenvalue weighted by Gasteiger charge is 2.18. The lowest BCUT2D eigenvalue weighted by atomic mass is 10.0. The molecule has 0 bridgehead atoms. The zero-order valence-corrected chi connectivity index (χ0v) is 9.27. The minimum atomic E-state index is -1.02. The number of hydrogen-bond acceptors (Lipinski definition) is 2. The average Bonchev–Trinajstić information content (AvgIpc) is 2.34. The largest absolute Gasteiger partial charge is 0.307 e. The molecule has 0 heterocycles. The molecule has 92 valence electrons. The standard InChI is InChI=1S/C13H9F2NO2/c14-11-8-13(16(17)18)12(15)7-10(11)6-9-4-2-1-3-5-9/h1-5,7-8H,6H2. The van der Waals surface area contributed by atoms with Gasteiger partial charge in [0.2, 0.25) is 5.82 Å². The van der Waals surface area contributed by atoms with Crippen molar-refractivity contribution in [3.63, 3.8) is 0 Å². The summed E-state index contributed by atoms with van der Waals surface area (Å²) in [6.45, 7) is 0. The molecular formula is C13H9F2NO2. The van der Waals surface area contributed by atoms with E-state index in [9.17, 15) is 18.9 Å². The topological polar surface area (TPSA) is 43.1 Å². The van der Waals surface area contributed by atoms with Crippen molar-refractivity contribution in [3.05, 3.63) is 75.3 Å². The van der Waals surface area contributed by atoms with E-state index in [1.165, 1.54) is 0 Å². The maximum Gasteiger partial charge on any atom is 0.307 e. The van der Waals surface area contributed by atoms with Crippen molar-refractivity contribution < 1.29 is 13.7 Å². The predicted octanol–water partition coefficient (Wildman–Crippen LogP) is 3.46. The van der Waals surface area contributed by atoms with Crippen LogP contribution < -0.4 is 0 Å². The summed E-state index contributed by atoms with van der Waals surface area (Å²) >= 11 is 0. The summed E-state index contributed by atoms with van der Waals surface area (Å²) in [6, 6.07) is 10.4. The van der Waals surface area contributed by atoms with Crippen molar-refractivity contribution >= 4 is 5.69 Å². The number of halogens is 2. The molecule has 0 aliphatic heterocycles. The third-order valence-electron chi connectivity index (χ3n) is 2.55. The van der Waals surface area contributed by atoms with Crippen LogP contribution in [0.4, 0.5) is 14.5 Å². The van der Waals surface area contributed by atoms with E-state index in [1.807, 2.05) is 6.07 Å². The lowest BCUT2D eigenvalue weighted by Crippen LogP contribution is -1.99. The Morgan fingerprint density at radius 2 is 1.72 bits per heavy atom. The molecule has 18 heavy (non-hydrogen) atoms. The average molecular weight is 249 g/mol. The van der Waals surface area contributed by atoms with E-state index in [1.54, 1.807) is 24.3 Å². The number of nitro groups is 1. The molecule has 0 saturated heterocycles. The first-order valence-corrected chi connectivity index (χ1v) is 5.24. The van der Waals surface area contributed by atoms with Crippen molar-refractivity contribution in [2.45, 2.75) is 6.42 Å². The summed E-state index contributed by atoms with van der Waals surface area (Å²) in [6.07, 6.45) is 0.196. The van der Waals surface area contributed by atoms with E-state index in [-0.39, 0.29) is 12.0 Å². The molecule has 5 heteroatoms. The van der Waals surface area contributed by atoms with Crippen molar-refractivity contribution in [2.75, 3.05) is 0 Å².